The highest BCUT2D eigenvalue weighted by Gasteiger charge is 2.14. The molecule has 0 atom stereocenters. The third-order valence-corrected chi connectivity index (χ3v) is 4.51. The summed E-state index contributed by atoms with van der Waals surface area (Å²) in [4.78, 5) is 16.2. The average Bonchev–Trinajstić information content (AvgIpc) is 3.18. The first-order valence-corrected chi connectivity index (χ1v) is 8.56. The van der Waals surface area contributed by atoms with Gasteiger partial charge in [-0.15, -0.1) is 0 Å². The smallest absolute Gasteiger partial charge is 0.226 e. The molecule has 4 heteroatoms. The van der Waals surface area contributed by atoms with Crippen molar-refractivity contribution < 1.29 is 13.6 Å². The lowest BCUT2D eigenvalue weighted by Gasteiger charge is -1.95. The third-order valence-electron chi connectivity index (χ3n) is 4.51. The predicted molar refractivity (Wildman–Crippen MR) is 100 cm³/mol. The second kappa shape index (κ2) is 6.30. The largest absolute Gasteiger partial charge is 0.461 e. The minimum atomic E-state index is 0.0461. The Hall–Kier alpha value is -3.14. The van der Waals surface area contributed by atoms with Gasteiger partial charge in [-0.1, -0.05) is 17.7 Å². The molecule has 0 N–H and O–H groups in total. The Morgan fingerprint density at radius 2 is 1.77 bits per heavy atom. The minimum Gasteiger partial charge on any atom is -0.461 e. The van der Waals surface area contributed by atoms with E-state index < -0.39 is 0 Å². The molecule has 4 nitrogen and oxygen atoms in total. The van der Waals surface area contributed by atoms with Crippen LogP contribution in [0.15, 0.2) is 57.4 Å². The summed E-state index contributed by atoms with van der Waals surface area (Å²) >= 11 is 0. The van der Waals surface area contributed by atoms with Gasteiger partial charge in [0, 0.05) is 16.5 Å². The van der Waals surface area contributed by atoms with Crippen molar-refractivity contribution in [1.29, 1.82) is 0 Å². The van der Waals surface area contributed by atoms with Crippen molar-refractivity contribution in [3.05, 3.63) is 76.9 Å². The van der Waals surface area contributed by atoms with Crippen LogP contribution < -0.4 is 0 Å². The Balaban J connectivity index is 1.64. The van der Waals surface area contributed by atoms with Gasteiger partial charge < -0.3 is 8.83 Å². The molecule has 26 heavy (non-hydrogen) atoms. The molecule has 0 aliphatic carbocycles. The zero-order chi connectivity index (χ0) is 18.3. The van der Waals surface area contributed by atoms with Gasteiger partial charge in [-0.2, -0.15) is 0 Å². The maximum atomic E-state index is 11.5. The van der Waals surface area contributed by atoms with Gasteiger partial charge in [0.05, 0.1) is 12.1 Å². The second-order valence-corrected chi connectivity index (χ2v) is 6.59. The number of furan rings is 1. The van der Waals surface area contributed by atoms with Crippen molar-refractivity contribution in [2.75, 3.05) is 0 Å². The van der Waals surface area contributed by atoms with Crippen molar-refractivity contribution in [1.82, 2.24) is 4.98 Å². The summed E-state index contributed by atoms with van der Waals surface area (Å²) < 4.78 is 11.7. The Morgan fingerprint density at radius 1 is 1.00 bits per heavy atom. The van der Waals surface area contributed by atoms with E-state index in [9.17, 15) is 4.79 Å². The highest BCUT2D eigenvalue weighted by Crippen LogP contribution is 2.26. The molecule has 0 unspecified atom stereocenters. The molecular formula is C22H19NO3. The number of Topliss-reactive ketones (excluding diaryl/α,β-unsaturated/α-hetero) is 1. The van der Waals surface area contributed by atoms with Crippen LogP contribution in [0.4, 0.5) is 0 Å². The first-order valence-electron chi connectivity index (χ1n) is 8.56. The van der Waals surface area contributed by atoms with E-state index in [1.807, 2.05) is 49.4 Å². The van der Waals surface area contributed by atoms with E-state index in [2.05, 4.69) is 11.9 Å². The fourth-order valence-electron chi connectivity index (χ4n) is 2.98. The van der Waals surface area contributed by atoms with Crippen LogP contribution in [0.1, 0.15) is 40.1 Å². The molecule has 2 aromatic carbocycles. The van der Waals surface area contributed by atoms with Crippen LogP contribution in [0.3, 0.4) is 0 Å². The molecule has 4 rings (SSSR count). The van der Waals surface area contributed by atoms with E-state index in [1.54, 1.807) is 13.0 Å². The summed E-state index contributed by atoms with van der Waals surface area (Å²) in [7, 11) is 0. The van der Waals surface area contributed by atoms with E-state index in [-0.39, 0.29) is 5.78 Å². The summed E-state index contributed by atoms with van der Waals surface area (Å²) in [6.07, 6.45) is 0.547. The van der Waals surface area contributed by atoms with Gasteiger partial charge in [-0.3, -0.25) is 4.79 Å². The van der Waals surface area contributed by atoms with Gasteiger partial charge in [-0.05, 0) is 57.2 Å². The SMILES string of the molecule is CC(=O)c1ccc2oc(Cc3nc(-c4ccc(C)cc4)oc3C)cc2c1. The van der Waals surface area contributed by atoms with Crippen molar-refractivity contribution in [2.45, 2.75) is 27.2 Å². The number of hydrogen-bond donors (Lipinski definition) is 0. The van der Waals surface area contributed by atoms with Crippen molar-refractivity contribution in [2.24, 2.45) is 0 Å². The summed E-state index contributed by atoms with van der Waals surface area (Å²) in [6, 6.07) is 15.5. The van der Waals surface area contributed by atoms with E-state index >= 15 is 0 Å². The number of ketones is 1. The highest BCUT2D eigenvalue weighted by atomic mass is 16.4. The van der Waals surface area contributed by atoms with E-state index in [1.165, 1.54) is 5.56 Å². The van der Waals surface area contributed by atoms with Crippen molar-refractivity contribution in [3.8, 4) is 11.5 Å². The fourth-order valence-corrected chi connectivity index (χ4v) is 2.98. The normalized spacial score (nSPS) is 11.2. The molecule has 0 aliphatic heterocycles. The van der Waals surface area contributed by atoms with Crippen LogP contribution >= 0.6 is 0 Å². The van der Waals surface area contributed by atoms with Crippen molar-refractivity contribution in [3.63, 3.8) is 0 Å². The van der Waals surface area contributed by atoms with Gasteiger partial charge in [0.1, 0.15) is 17.1 Å². The second-order valence-electron chi connectivity index (χ2n) is 6.59. The summed E-state index contributed by atoms with van der Waals surface area (Å²) in [5, 5.41) is 0.924. The van der Waals surface area contributed by atoms with Gasteiger partial charge >= 0.3 is 0 Å². The van der Waals surface area contributed by atoms with Crippen molar-refractivity contribution >= 4 is 16.8 Å². The lowest BCUT2D eigenvalue weighted by molar-refractivity contribution is 0.101. The molecule has 0 radical (unpaired) electrons. The van der Waals surface area contributed by atoms with E-state index in [0.29, 0.717) is 17.9 Å². The van der Waals surface area contributed by atoms with Crippen LogP contribution in [0, 0.1) is 13.8 Å². The summed E-state index contributed by atoms with van der Waals surface area (Å²) in [5.74, 6) is 2.25. The first-order chi connectivity index (χ1) is 12.5. The van der Waals surface area contributed by atoms with Crippen LogP contribution in [-0.4, -0.2) is 10.8 Å². The van der Waals surface area contributed by atoms with Gasteiger partial charge in [-0.25, -0.2) is 4.98 Å². The number of aryl methyl sites for hydroxylation is 2. The Kier molecular flexibility index (Phi) is 3.96. The number of aromatic nitrogens is 1. The molecule has 4 aromatic rings. The fraction of sp³-hybridized carbons (Fsp3) is 0.182. The molecule has 130 valence electrons. The number of fused-ring (bicyclic) bond motifs is 1. The van der Waals surface area contributed by atoms with E-state index in [0.717, 1.165) is 33.7 Å². The number of rotatable bonds is 4. The zero-order valence-corrected chi connectivity index (χ0v) is 15.0. The predicted octanol–water partition coefficient (Wildman–Crippen LogP) is 5.50. The molecule has 2 heterocycles. The maximum Gasteiger partial charge on any atom is 0.226 e. The molecule has 2 aromatic heterocycles. The van der Waals surface area contributed by atoms with Gasteiger partial charge in [0.15, 0.2) is 5.78 Å². The first kappa shape index (κ1) is 16.3. The Bertz CT molecular complexity index is 1100. The maximum absolute atomic E-state index is 11.5. The number of benzene rings is 2. The van der Waals surface area contributed by atoms with Crippen LogP contribution in [-0.2, 0) is 6.42 Å². The topological polar surface area (TPSA) is 56.2 Å². The summed E-state index contributed by atoms with van der Waals surface area (Å²) in [6.45, 7) is 5.53. The number of hydrogen-bond acceptors (Lipinski definition) is 4. The van der Waals surface area contributed by atoms with Crippen LogP contribution in [0.25, 0.3) is 22.4 Å². The monoisotopic (exact) mass is 345 g/mol. The third kappa shape index (κ3) is 3.06. The number of nitrogens with zero attached hydrogens (tertiary/aromatic N) is 1. The molecule has 0 amide bonds. The van der Waals surface area contributed by atoms with E-state index in [4.69, 9.17) is 8.83 Å². The zero-order valence-electron chi connectivity index (χ0n) is 15.0. The van der Waals surface area contributed by atoms with Crippen LogP contribution in [0.2, 0.25) is 0 Å². The minimum absolute atomic E-state index is 0.0461. The quantitative estimate of drug-likeness (QED) is 0.458. The Morgan fingerprint density at radius 3 is 2.50 bits per heavy atom. The molecular weight excluding hydrogens is 326 g/mol. The number of oxazole rings is 1. The number of carbonyl (C=O) groups excluding carboxylic acids is 1. The highest BCUT2D eigenvalue weighted by molar-refractivity contribution is 5.97. The number of carbonyl (C=O) groups is 1. The Labute approximate surface area is 151 Å². The molecule has 0 spiro atoms. The van der Waals surface area contributed by atoms with Gasteiger partial charge in [0.2, 0.25) is 5.89 Å². The van der Waals surface area contributed by atoms with Gasteiger partial charge in [0.25, 0.3) is 0 Å². The summed E-state index contributed by atoms with van der Waals surface area (Å²) in [5.41, 5.74) is 4.46. The average molecular weight is 345 g/mol. The molecule has 0 bridgehead atoms. The molecule has 0 saturated heterocycles. The lowest BCUT2D eigenvalue weighted by Crippen LogP contribution is -1.89. The molecule has 0 fully saturated rings. The molecule has 0 aliphatic rings. The lowest BCUT2D eigenvalue weighted by atomic mass is 10.1. The standard InChI is InChI=1S/C22H19NO3/c1-13-4-6-16(7-5-13)22-23-20(15(3)25-22)12-19-11-18-10-17(14(2)24)8-9-21(18)26-19/h4-11H,12H2,1-3H3. The van der Waals surface area contributed by atoms with Crippen LogP contribution in [0.5, 0.6) is 0 Å². The molecule has 0 saturated carbocycles.